The molecule has 1 amide bonds. The lowest BCUT2D eigenvalue weighted by Crippen LogP contribution is -2.30. The third kappa shape index (κ3) is 5.83. The summed E-state index contributed by atoms with van der Waals surface area (Å²) in [6.45, 7) is 1.85. The average Bonchev–Trinajstić information content (AvgIpc) is 2.58. The molecule has 0 aliphatic carbocycles. The largest absolute Gasteiger partial charge is 0.345 e. The lowest BCUT2D eigenvalue weighted by molar-refractivity contribution is -0.121. The molecule has 0 radical (unpaired) electrons. The standard InChI is InChI=1S/C19H23ClN2O3S/c1-13(21)6-11-18(23)22-19(14-7-9-16(20)10-8-14)15-4-3-5-17(12-15)26(2,24)25/h3-5,7-10,12-13,19H,6,11,21H2,1-2H3,(H,22,23). The van der Waals surface area contributed by atoms with Gasteiger partial charge < -0.3 is 11.1 Å². The van der Waals surface area contributed by atoms with Crippen LogP contribution in [0.1, 0.15) is 36.9 Å². The number of carbonyl (C=O) groups excluding carboxylic acids is 1. The molecule has 0 spiro atoms. The number of amides is 1. The van der Waals surface area contributed by atoms with E-state index in [1.807, 2.05) is 19.1 Å². The molecule has 0 saturated heterocycles. The van der Waals surface area contributed by atoms with E-state index in [4.69, 9.17) is 17.3 Å². The number of carbonyl (C=O) groups is 1. The van der Waals surface area contributed by atoms with Gasteiger partial charge in [-0.05, 0) is 48.7 Å². The van der Waals surface area contributed by atoms with Gasteiger partial charge in [0.1, 0.15) is 0 Å². The van der Waals surface area contributed by atoms with E-state index in [1.165, 1.54) is 6.07 Å². The molecule has 0 bridgehead atoms. The molecule has 7 heteroatoms. The molecule has 2 atom stereocenters. The summed E-state index contributed by atoms with van der Waals surface area (Å²) < 4.78 is 23.7. The van der Waals surface area contributed by atoms with Crippen LogP contribution >= 0.6 is 11.6 Å². The molecule has 0 aliphatic rings. The van der Waals surface area contributed by atoms with Gasteiger partial charge in [-0.15, -0.1) is 0 Å². The first kappa shape index (κ1) is 20.4. The van der Waals surface area contributed by atoms with Crippen molar-refractivity contribution in [2.24, 2.45) is 5.73 Å². The zero-order valence-electron chi connectivity index (χ0n) is 14.8. The van der Waals surface area contributed by atoms with Crippen LogP contribution in [0.3, 0.4) is 0 Å². The lowest BCUT2D eigenvalue weighted by atomic mass is 9.98. The highest BCUT2D eigenvalue weighted by molar-refractivity contribution is 7.90. The summed E-state index contributed by atoms with van der Waals surface area (Å²) in [5.74, 6) is -0.146. The summed E-state index contributed by atoms with van der Waals surface area (Å²) in [6, 6.07) is 13.1. The van der Waals surface area contributed by atoms with Gasteiger partial charge in [0.2, 0.25) is 5.91 Å². The highest BCUT2D eigenvalue weighted by atomic mass is 35.5. The first-order valence-electron chi connectivity index (χ1n) is 8.27. The van der Waals surface area contributed by atoms with E-state index in [0.29, 0.717) is 23.4 Å². The van der Waals surface area contributed by atoms with Crippen molar-refractivity contribution in [2.45, 2.75) is 36.7 Å². The van der Waals surface area contributed by atoms with Crippen molar-refractivity contribution in [1.82, 2.24) is 5.32 Å². The molecule has 2 unspecified atom stereocenters. The minimum absolute atomic E-state index is 0.0664. The fraction of sp³-hybridized carbons (Fsp3) is 0.316. The van der Waals surface area contributed by atoms with Crippen molar-refractivity contribution >= 4 is 27.3 Å². The molecule has 0 aromatic heterocycles. The molecule has 140 valence electrons. The van der Waals surface area contributed by atoms with Gasteiger partial charge in [-0.2, -0.15) is 0 Å². The summed E-state index contributed by atoms with van der Waals surface area (Å²) in [4.78, 5) is 12.5. The number of benzene rings is 2. The van der Waals surface area contributed by atoms with Crippen molar-refractivity contribution in [2.75, 3.05) is 6.26 Å². The summed E-state index contributed by atoms with van der Waals surface area (Å²) >= 11 is 5.96. The quantitative estimate of drug-likeness (QED) is 0.755. The number of nitrogens with two attached hydrogens (primary N) is 1. The summed E-state index contributed by atoms with van der Waals surface area (Å²) in [5, 5.41) is 3.55. The minimum atomic E-state index is -3.35. The predicted octanol–water partition coefficient (Wildman–Crippen LogP) is 3.08. The van der Waals surface area contributed by atoms with Crippen LogP contribution in [-0.4, -0.2) is 26.6 Å². The van der Waals surface area contributed by atoms with E-state index >= 15 is 0 Å². The molecule has 5 nitrogen and oxygen atoms in total. The van der Waals surface area contributed by atoms with Crippen LogP contribution < -0.4 is 11.1 Å². The molecule has 2 aromatic carbocycles. The Hall–Kier alpha value is -1.89. The zero-order chi connectivity index (χ0) is 19.3. The first-order chi connectivity index (χ1) is 12.2. The Morgan fingerprint density at radius 1 is 1.15 bits per heavy atom. The third-order valence-corrected chi connectivity index (χ3v) is 5.32. The molecule has 2 aromatic rings. The zero-order valence-corrected chi connectivity index (χ0v) is 16.3. The van der Waals surface area contributed by atoms with E-state index in [0.717, 1.165) is 11.8 Å². The predicted molar refractivity (Wildman–Crippen MR) is 104 cm³/mol. The van der Waals surface area contributed by atoms with Gasteiger partial charge >= 0.3 is 0 Å². The van der Waals surface area contributed by atoms with Crippen LogP contribution in [0, 0.1) is 0 Å². The summed E-state index contributed by atoms with van der Waals surface area (Å²) in [7, 11) is -3.35. The Labute approximate surface area is 159 Å². The van der Waals surface area contributed by atoms with Crippen molar-refractivity contribution in [3.8, 4) is 0 Å². The van der Waals surface area contributed by atoms with Crippen molar-refractivity contribution in [3.63, 3.8) is 0 Å². The third-order valence-electron chi connectivity index (χ3n) is 3.95. The Kier molecular flexibility index (Phi) is 6.81. The van der Waals surface area contributed by atoms with Gasteiger partial charge in [0.25, 0.3) is 0 Å². The monoisotopic (exact) mass is 394 g/mol. The van der Waals surface area contributed by atoms with Crippen LogP contribution in [0.5, 0.6) is 0 Å². The fourth-order valence-corrected chi connectivity index (χ4v) is 3.33. The second kappa shape index (κ2) is 8.66. The number of rotatable bonds is 7. The van der Waals surface area contributed by atoms with E-state index in [-0.39, 0.29) is 16.8 Å². The van der Waals surface area contributed by atoms with Gasteiger partial charge in [0, 0.05) is 23.7 Å². The summed E-state index contributed by atoms with van der Waals surface area (Å²) in [6.07, 6.45) is 2.03. The SMILES string of the molecule is CC(N)CCC(=O)NC(c1ccc(Cl)cc1)c1cccc(S(C)(=O)=O)c1. The normalized spacial score (nSPS) is 13.8. The molecular formula is C19H23ClN2O3S. The van der Waals surface area contributed by atoms with E-state index in [9.17, 15) is 13.2 Å². The topological polar surface area (TPSA) is 89.3 Å². The highest BCUT2D eigenvalue weighted by Crippen LogP contribution is 2.26. The van der Waals surface area contributed by atoms with E-state index in [2.05, 4.69) is 5.32 Å². The molecule has 0 saturated carbocycles. The van der Waals surface area contributed by atoms with Gasteiger partial charge in [-0.25, -0.2) is 8.42 Å². The maximum absolute atomic E-state index is 12.3. The first-order valence-corrected chi connectivity index (χ1v) is 10.5. The van der Waals surface area contributed by atoms with Crippen LogP contribution in [0.2, 0.25) is 5.02 Å². The molecule has 3 N–H and O–H groups in total. The molecule has 0 fully saturated rings. The minimum Gasteiger partial charge on any atom is -0.345 e. The smallest absolute Gasteiger partial charge is 0.220 e. The van der Waals surface area contributed by atoms with Gasteiger partial charge in [-0.1, -0.05) is 35.9 Å². The molecule has 2 rings (SSSR count). The van der Waals surface area contributed by atoms with Crippen molar-refractivity contribution in [1.29, 1.82) is 0 Å². The number of nitrogens with one attached hydrogen (secondary N) is 1. The summed E-state index contributed by atoms with van der Waals surface area (Å²) in [5.41, 5.74) is 7.22. The Bertz CT molecular complexity index is 865. The Balaban J connectivity index is 2.37. The van der Waals surface area contributed by atoms with Crippen LogP contribution in [0.15, 0.2) is 53.4 Å². The van der Waals surface area contributed by atoms with Gasteiger partial charge in [-0.3, -0.25) is 4.79 Å². The lowest BCUT2D eigenvalue weighted by Gasteiger charge is -2.21. The number of hydrogen-bond acceptors (Lipinski definition) is 4. The van der Waals surface area contributed by atoms with Crippen LogP contribution in [0.4, 0.5) is 0 Å². The maximum Gasteiger partial charge on any atom is 0.220 e. The van der Waals surface area contributed by atoms with Gasteiger partial charge in [0.15, 0.2) is 9.84 Å². The Morgan fingerprint density at radius 3 is 2.38 bits per heavy atom. The van der Waals surface area contributed by atoms with Crippen molar-refractivity contribution in [3.05, 3.63) is 64.7 Å². The highest BCUT2D eigenvalue weighted by Gasteiger charge is 2.19. The fourth-order valence-electron chi connectivity index (χ4n) is 2.53. The molecular weight excluding hydrogens is 372 g/mol. The maximum atomic E-state index is 12.3. The van der Waals surface area contributed by atoms with Crippen LogP contribution in [-0.2, 0) is 14.6 Å². The molecule has 26 heavy (non-hydrogen) atoms. The second-order valence-electron chi connectivity index (χ2n) is 6.41. The average molecular weight is 395 g/mol. The second-order valence-corrected chi connectivity index (χ2v) is 8.86. The van der Waals surface area contributed by atoms with E-state index < -0.39 is 15.9 Å². The Morgan fingerprint density at radius 2 is 1.81 bits per heavy atom. The number of halogens is 1. The van der Waals surface area contributed by atoms with E-state index in [1.54, 1.807) is 30.3 Å². The van der Waals surface area contributed by atoms with Crippen LogP contribution in [0.25, 0.3) is 0 Å². The van der Waals surface area contributed by atoms with Crippen molar-refractivity contribution < 1.29 is 13.2 Å². The number of hydrogen-bond donors (Lipinski definition) is 2. The molecule has 0 heterocycles. The number of sulfone groups is 1. The molecule has 0 aliphatic heterocycles. The van der Waals surface area contributed by atoms with Gasteiger partial charge in [0.05, 0.1) is 10.9 Å².